The summed E-state index contributed by atoms with van der Waals surface area (Å²) in [4.78, 5) is 15.2. The lowest BCUT2D eigenvalue weighted by Crippen LogP contribution is -2.27. The molecule has 3 heterocycles. The molecule has 34 heavy (non-hydrogen) atoms. The van der Waals surface area contributed by atoms with E-state index in [0.717, 1.165) is 20.9 Å². The second kappa shape index (κ2) is 9.77. The zero-order chi connectivity index (χ0) is 23.7. The van der Waals surface area contributed by atoms with Gasteiger partial charge in [0.15, 0.2) is 11.6 Å². The molecule has 1 amide bonds. The number of furan rings is 1. The van der Waals surface area contributed by atoms with Gasteiger partial charge in [-0.05, 0) is 48.5 Å². The van der Waals surface area contributed by atoms with Gasteiger partial charge in [-0.1, -0.05) is 52.0 Å². The van der Waals surface area contributed by atoms with Gasteiger partial charge in [-0.2, -0.15) is 0 Å². The van der Waals surface area contributed by atoms with Crippen LogP contribution in [-0.4, -0.2) is 26.3 Å². The molecule has 1 fully saturated rings. The van der Waals surface area contributed by atoms with E-state index in [0.29, 0.717) is 34.7 Å². The van der Waals surface area contributed by atoms with Crippen molar-refractivity contribution < 1.29 is 18.3 Å². The lowest BCUT2D eigenvalue weighted by Gasteiger charge is -2.11. The average Bonchev–Trinajstić information content (AvgIpc) is 3.51. The minimum atomic E-state index is -0.388. The molecule has 0 spiro atoms. The summed E-state index contributed by atoms with van der Waals surface area (Å²) in [6.07, 6.45) is 5.41. The van der Waals surface area contributed by atoms with E-state index in [-0.39, 0.29) is 17.5 Å². The first-order chi connectivity index (χ1) is 16.5. The van der Waals surface area contributed by atoms with Crippen LogP contribution in [-0.2, 0) is 17.9 Å². The highest BCUT2D eigenvalue weighted by molar-refractivity contribution is 9.10. The van der Waals surface area contributed by atoms with Crippen LogP contribution in [0, 0.1) is 5.82 Å². The number of carbonyl (C=O) groups is 1. The first-order valence-electron chi connectivity index (χ1n) is 10.4. The van der Waals surface area contributed by atoms with Crippen LogP contribution < -0.4 is 4.74 Å². The Balaban J connectivity index is 1.40. The molecular formula is C25H18BrFN2O3S2. The number of amides is 1. The Kier molecular flexibility index (Phi) is 6.58. The number of aromatic nitrogens is 1. The maximum absolute atomic E-state index is 13.9. The van der Waals surface area contributed by atoms with E-state index < -0.39 is 0 Å². The van der Waals surface area contributed by atoms with Gasteiger partial charge in [-0.25, -0.2) is 4.39 Å². The van der Waals surface area contributed by atoms with E-state index in [9.17, 15) is 9.18 Å². The lowest BCUT2D eigenvalue weighted by atomic mass is 10.1. The van der Waals surface area contributed by atoms with Gasteiger partial charge in [-0.15, -0.1) is 0 Å². The molecule has 5 rings (SSSR count). The number of hydrogen-bond donors (Lipinski definition) is 0. The highest BCUT2D eigenvalue weighted by atomic mass is 79.9. The maximum Gasteiger partial charge on any atom is 0.266 e. The van der Waals surface area contributed by atoms with Crippen molar-refractivity contribution in [1.29, 1.82) is 0 Å². The van der Waals surface area contributed by atoms with E-state index in [1.165, 1.54) is 17.8 Å². The van der Waals surface area contributed by atoms with Crippen molar-refractivity contribution >= 4 is 67.1 Å². The molecular weight excluding hydrogens is 539 g/mol. The highest BCUT2D eigenvalue weighted by Crippen LogP contribution is 2.36. The fraction of sp³-hybridized carbons (Fsp3) is 0.120. The average molecular weight is 557 g/mol. The standard InChI is InChI=1S/C25H18BrFN2O3S2/c26-17-7-8-21-19(13-17)16(14-28(21)9-11-32-22-6-2-1-5-20(22)27)12-23-24(30)29(25(33)34-23)15-18-4-3-10-31-18/h1-8,10,12-14H,9,11,15H2/b23-12-. The van der Waals surface area contributed by atoms with Crippen molar-refractivity contribution in [2.75, 3.05) is 6.61 Å². The predicted molar refractivity (Wildman–Crippen MR) is 139 cm³/mol. The number of carbonyl (C=O) groups excluding carboxylic acids is 1. The predicted octanol–water partition coefficient (Wildman–Crippen LogP) is 6.62. The van der Waals surface area contributed by atoms with Crippen LogP contribution in [0.25, 0.3) is 17.0 Å². The zero-order valence-electron chi connectivity index (χ0n) is 17.7. The second-order valence-electron chi connectivity index (χ2n) is 7.57. The highest BCUT2D eigenvalue weighted by Gasteiger charge is 2.32. The molecule has 0 N–H and O–H groups in total. The third kappa shape index (κ3) is 4.68. The van der Waals surface area contributed by atoms with Crippen molar-refractivity contribution in [3.8, 4) is 5.75 Å². The number of thiocarbonyl (C=S) groups is 1. The van der Waals surface area contributed by atoms with Gasteiger partial charge < -0.3 is 13.7 Å². The Morgan fingerprint density at radius 2 is 2.03 bits per heavy atom. The van der Waals surface area contributed by atoms with E-state index in [2.05, 4.69) is 15.9 Å². The number of ether oxygens (including phenoxy) is 1. The summed E-state index contributed by atoms with van der Waals surface area (Å²) < 4.78 is 28.3. The van der Waals surface area contributed by atoms with E-state index in [4.69, 9.17) is 21.4 Å². The number of thioether (sulfide) groups is 1. The quantitative estimate of drug-likeness (QED) is 0.189. The van der Waals surface area contributed by atoms with Gasteiger partial charge in [0.05, 0.1) is 24.3 Å². The molecule has 0 radical (unpaired) electrons. The molecule has 0 atom stereocenters. The van der Waals surface area contributed by atoms with Crippen molar-refractivity contribution in [2.45, 2.75) is 13.1 Å². The van der Waals surface area contributed by atoms with Crippen molar-refractivity contribution in [3.05, 3.63) is 93.6 Å². The Hall–Kier alpha value is -2.88. The Morgan fingerprint density at radius 3 is 2.82 bits per heavy atom. The van der Waals surface area contributed by atoms with Crippen molar-refractivity contribution in [3.63, 3.8) is 0 Å². The number of halogens is 2. The Bertz CT molecular complexity index is 1420. The van der Waals surface area contributed by atoms with E-state index >= 15 is 0 Å². The number of rotatable bonds is 7. The number of benzene rings is 2. The van der Waals surface area contributed by atoms with Crippen LogP contribution in [0.4, 0.5) is 4.39 Å². The second-order valence-corrected chi connectivity index (χ2v) is 10.2. The molecule has 9 heteroatoms. The molecule has 0 aliphatic carbocycles. The molecule has 0 unspecified atom stereocenters. The summed E-state index contributed by atoms with van der Waals surface area (Å²) in [5.74, 6) is 0.362. The SMILES string of the molecule is O=C1/C(=C/c2cn(CCOc3ccccc3F)c3ccc(Br)cc23)SC(=S)N1Cc1ccco1. The van der Waals surface area contributed by atoms with Crippen LogP contribution >= 0.6 is 39.9 Å². The Morgan fingerprint density at radius 1 is 1.18 bits per heavy atom. The zero-order valence-corrected chi connectivity index (χ0v) is 21.0. The number of hydrogen-bond acceptors (Lipinski definition) is 5. The summed E-state index contributed by atoms with van der Waals surface area (Å²) in [5.41, 5.74) is 1.87. The summed E-state index contributed by atoms with van der Waals surface area (Å²) in [6, 6.07) is 15.9. The van der Waals surface area contributed by atoms with Crippen LogP contribution in [0.1, 0.15) is 11.3 Å². The van der Waals surface area contributed by atoms with Gasteiger partial charge in [0.2, 0.25) is 0 Å². The van der Waals surface area contributed by atoms with Crippen molar-refractivity contribution in [1.82, 2.24) is 9.47 Å². The van der Waals surface area contributed by atoms with Gasteiger partial charge in [0.25, 0.3) is 5.91 Å². The third-order valence-corrected chi connectivity index (χ3v) is 7.23. The van der Waals surface area contributed by atoms with Crippen LogP contribution in [0.5, 0.6) is 5.75 Å². The molecule has 5 nitrogen and oxygen atoms in total. The molecule has 0 saturated carbocycles. The number of nitrogens with zero attached hydrogens (tertiary/aromatic N) is 2. The summed E-state index contributed by atoms with van der Waals surface area (Å²) >= 11 is 10.3. The van der Waals surface area contributed by atoms with Gasteiger partial charge in [0.1, 0.15) is 16.7 Å². The van der Waals surface area contributed by atoms with Gasteiger partial charge in [-0.3, -0.25) is 9.69 Å². The first-order valence-corrected chi connectivity index (χ1v) is 12.4. The summed E-state index contributed by atoms with van der Waals surface area (Å²) in [6.45, 7) is 1.11. The van der Waals surface area contributed by atoms with E-state index in [1.54, 1.807) is 35.4 Å². The molecule has 4 aromatic rings. The largest absolute Gasteiger partial charge is 0.489 e. The molecule has 1 saturated heterocycles. The fourth-order valence-electron chi connectivity index (χ4n) is 3.75. The molecule has 0 bridgehead atoms. The number of fused-ring (bicyclic) bond motifs is 1. The van der Waals surface area contributed by atoms with Crippen LogP contribution in [0.2, 0.25) is 0 Å². The van der Waals surface area contributed by atoms with Crippen molar-refractivity contribution in [2.24, 2.45) is 0 Å². The van der Waals surface area contributed by atoms with Gasteiger partial charge >= 0.3 is 0 Å². The first kappa shape index (κ1) is 22.9. The lowest BCUT2D eigenvalue weighted by molar-refractivity contribution is -0.122. The normalized spacial score (nSPS) is 15.1. The fourth-order valence-corrected chi connectivity index (χ4v) is 5.36. The third-order valence-electron chi connectivity index (χ3n) is 5.35. The minimum absolute atomic E-state index is 0.148. The molecule has 172 valence electrons. The Labute approximate surface area is 213 Å². The minimum Gasteiger partial charge on any atom is -0.489 e. The topological polar surface area (TPSA) is 47.6 Å². The molecule has 1 aliphatic rings. The monoisotopic (exact) mass is 556 g/mol. The van der Waals surface area contributed by atoms with Gasteiger partial charge in [0, 0.05) is 27.1 Å². The van der Waals surface area contributed by atoms with E-state index in [1.807, 2.05) is 41.1 Å². The molecule has 1 aliphatic heterocycles. The maximum atomic E-state index is 13.9. The van der Waals surface area contributed by atoms with Crippen LogP contribution in [0.3, 0.4) is 0 Å². The van der Waals surface area contributed by atoms with Crippen LogP contribution in [0.15, 0.2) is 80.9 Å². The molecule has 2 aromatic heterocycles. The smallest absolute Gasteiger partial charge is 0.266 e. The number of para-hydroxylation sites is 1. The molecule has 2 aromatic carbocycles. The summed E-state index contributed by atoms with van der Waals surface area (Å²) in [7, 11) is 0. The summed E-state index contributed by atoms with van der Waals surface area (Å²) in [5, 5.41) is 0.983.